The van der Waals surface area contributed by atoms with E-state index >= 15 is 0 Å². The van der Waals surface area contributed by atoms with E-state index in [-0.39, 0.29) is 41.3 Å². The predicted octanol–water partition coefficient (Wildman–Crippen LogP) is 2.49. The SMILES string of the molecule is C[C@H](/C=C/CCO)[C@H]1C[C@@H](O)[C@H]2[C@@H]3C[C@H](O)[C@H]4[C@@H](O)[C@@H](O)CC[C@]4(C)[C@H]3CC[C@@]21C. The van der Waals surface area contributed by atoms with Crippen LogP contribution in [0.1, 0.15) is 65.7 Å². The molecule has 0 amide bonds. The van der Waals surface area contributed by atoms with E-state index in [4.69, 9.17) is 5.11 Å². The number of aliphatic hydroxyl groups excluding tert-OH is 5. The lowest BCUT2D eigenvalue weighted by Crippen LogP contribution is -2.63. The minimum Gasteiger partial charge on any atom is -0.396 e. The Labute approximate surface area is 181 Å². The van der Waals surface area contributed by atoms with E-state index in [1.165, 1.54) is 0 Å². The van der Waals surface area contributed by atoms with Gasteiger partial charge in [0.2, 0.25) is 0 Å². The first kappa shape index (κ1) is 22.7. The largest absolute Gasteiger partial charge is 0.396 e. The summed E-state index contributed by atoms with van der Waals surface area (Å²) in [4.78, 5) is 0. The molecule has 12 atom stereocenters. The quantitative estimate of drug-likeness (QED) is 0.448. The number of hydrogen-bond donors (Lipinski definition) is 5. The number of fused-ring (bicyclic) bond motifs is 5. The number of aliphatic hydroxyl groups is 5. The van der Waals surface area contributed by atoms with Crippen LogP contribution in [-0.4, -0.2) is 56.6 Å². The fourth-order valence-electron chi connectivity index (χ4n) is 8.84. The van der Waals surface area contributed by atoms with Crippen LogP contribution in [0, 0.1) is 46.3 Å². The van der Waals surface area contributed by atoms with Gasteiger partial charge in [-0.05, 0) is 85.4 Å². The van der Waals surface area contributed by atoms with Crippen molar-refractivity contribution < 1.29 is 25.5 Å². The molecule has 4 saturated carbocycles. The summed E-state index contributed by atoms with van der Waals surface area (Å²) in [6.45, 7) is 6.97. The van der Waals surface area contributed by atoms with E-state index in [1.807, 2.05) is 0 Å². The Morgan fingerprint density at radius 1 is 0.900 bits per heavy atom. The molecular formula is C25H42O5. The molecule has 0 aromatic rings. The lowest BCUT2D eigenvalue weighted by Gasteiger charge is -2.63. The zero-order chi connectivity index (χ0) is 21.8. The van der Waals surface area contributed by atoms with Crippen molar-refractivity contribution in [2.75, 3.05) is 6.61 Å². The summed E-state index contributed by atoms with van der Waals surface area (Å²) in [6, 6.07) is 0. The highest BCUT2D eigenvalue weighted by molar-refractivity contribution is 5.15. The van der Waals surface area contributed by atoms with Gasteiger partial charge in [-0.2, -0.15) is 0 Å². The van der Waals surface area contributed by atoms with Gasteiger partial charge in [0.25, 0.3) is 0 Å². The van der Waals surface area contributed by atoms with Gasteiger partial charge in [-0.15, -0.1) is 0 Å². The highest BCUT2D eigenvalue weighted by Gasteiger charge is 2.65. The highest BCUT2D eigenvalue weighted by Crippen LogP contribution is 2.68. The van der Waals surface area contributed by atoms with E-state index < -0.39 is 18.3 Å². The molecule has 0 aromatic carbocycles. The predicted molar refractivity (Wildman–Crippen MR) is 115 cm³/mol. The zero-order valence-corrected chi connectivity index (χ0v) is 18.8. The topological polar surface area (TPSA) is 101 Å². The number of hydrogen-bond acceptors (Lipinski definition) is 5. The fourth-order valence-corrected chi connectivity index (χ4v) is 8.84. The lowest BCUT2D eigenvalue weighted by atomic mass is 9.43. The standard InChI is InChI=1S/C25H42O5/c1-14(6-4-5-11-26)17-13-20(29)21-15-12-19(28)22-23(30)18(27)8-10-24(22,2)16(15)7-9-25(17,21)3/h4,6,14-23,26-30H,5,7-13H2,1-3H3/b6-4+/t14-,15-,16+,17-,18+,19+,20-,21-,22+,23+,24-,25-/m1/s1. The van der Waals surface area contributed by atoms with Gasteiger partial charge in [-0.1, -0.05) is 32.9 Å². The van der Waals surface area contributed by atoms with Crippen molar-refractivity contribution in [3.05, 3.63) is 12.2 Å². The minimum absolute atomic E-state index is 0.0409. The van der Waals surface area contributed by atoms with Crippen molar-refractivity contribution in [3.63, 3.8) is 0 Å². The van der Waals surface area contributed by atoms with Crippen molar-refractivity contribution in [3.8, 4) is 0 Å². The van der Waals surface area contributed by atoms with E-state index in [1.54, 1.807) is 0 Å². The normalized spacial score (nSPS) is 54.5. The molecule has 4 fully saturated rings. The van der Waals surface area contributed by atoms with Crippen LogP contribution in [0.5, 0.6) is 0 Å². The smallest absolute Gasteiger partial charge is 0.0857 e. The van der Waals surface area contributed by atoms with Gasteiger partial charge < -0.3 is 25.5 Å². The maximum atomic E-state index is 11.2. The van der Waals surface area contributed by atoms with Crippen LogP contribution in [0.15, 0.2) is 12.2 Å². The Morgan fingerprint density at radius 2 is 1.57 bits per heavy atom. The first-order valence-corrected chi connectivity index (χ1v) is 12.1. The third-order valence-corrected chi connectivity index (χ3v) is 10.1. The van der Waals surface area contributed by atoms with Gasteiger partial charge in [-0.25, -0.2) is 0 Å². The molecule has 5 heteroatoms. The molecule has 0 bridgehead atoms. The summed E-state index contributed by atoms with van der Waals surface area (Å²) in [7, 11) is 0. The second kappa shape index (κ2) is 8.15. The second-order valence-corrected chi connectivity index (χ2v) is 11.5. The van der Waals surface area contributed by atoms with Crippen LogP contribution in [0.25, 0.3) is 0 Å². The van der Waals surface area contributed by atoms with Crippen molar-refractivity contribution in [2.24, 2.45) is 46.3 Å². The highest BCUT2D eigenvalue weighted by atomic mass is 16.3. The molecule has 0 spiro atoms. The third-order valence-electron chi connectivity index (χ3n) is 10.1. The molecule has 0 saturated heterocycles. The minimum atomic E-state index is -0.856. The van der Waals surface area contributed by atoms with Crippen LogP contribution >= 0.6 is 0 Å². The maximum Gasteiger partial charge on any atom is 0.0857 e. The van der Waals surface area contributed by atoms with Crippen LogP contribution in [0.4, 0.5) is 0 Å². The summed E-state index contributed by atoms with van der Waals surface area (Å²) in [6.07, 6.45) is 7.33. The van der Waals surface area contributed by atoms with Crippen LogP contribution < -0.4 is 0 Å². The molecule has 4 rings (SSSR count). The maximum absolute atomic E-state index is 11.2. The van der Waals surface area contributed by atoms with E-state index in [0.29, 0.717) is 37.0 Å². The summed E-state index contributed by atoms with van der Waals surface area (Å²) >= 11 is 0. The Bertz CT molecular complexity index is 651. The molecule has 5 N–H and O–H groups in total. The van der Waals surface area contributed by atoms with E-state index in [0.717, 1.165) is 25.7 Å². The van der Waals surface area contributed by atoms with Crippen molar-refractivity contribution in [2.45, 2.75) is 90.1 Å². The van der Waals surface area contributed by atoms with Gasteiger partial charge in [0.05, 0.1) is 24.4 Å². The molecule has 5 nitrogen and oxygen atoms in total. The Balaban J connectivity index is 1.62. The van der Waals surface area contributed by atoms with Crippen molar-refractivity contribution in [1.82, 2.24) is 0 Å². The summed E-state index contributed by atoms with van der Waals surface area (Å²) in [5.41, 5.74) is -0.147. The molecule has 4 aliphatic rings. The number of allylic oxidation sites excluding steroid dienone is 1. The average molecular weight is 423 g/mol. The van der Waals surface area contributed by atoms with Gasteiger partial charge in [0.1, 0.15) is 0 Å². The van der Waals surface area contributed by atoms with Gasteiger partial charge in [0, 0.05) is 12.5 Å². The summed E-state index contributed by atoms with van der Waals surface area (Å²) in [5, 5.41) is 52.4. The zero-order valence-electron chi connectivity index (χ0n) is 18.8. The Hall–Kier alpha value is -0.460. The van der Waals surface area contributed by atoms with Gasteiger partial charge in [-0.3, -0.25) is 0 Å². The third kappa shape index (κ3) is 3.31. The summed E-state index contributed by atoms with van der Waals surface area (Å²) in [5.74, 6) is 1.28. The lowest BCUT2D eigenvalue weighted by molar-refractivity contribution is -0.217. The molecule has 30 heavy (non-hydrogen) atoms. The van der Waals surface area contributed by atoms with Crippen LogP contribution in [-0.2, 0) is 0 Å². The van der Waals surface area contributed by atoms with Crippen molar-refractivity contribution in [1.29, 1.82) is 0 Å². The molecule has 0 aliphatic heterocycles. The van der Waals surface area contributed by atoms with Gasteiger partial charge >= 0.3 is 0 Å². The Kier molecular flexibility index (Phi) is 6.17. The molecular weight excluding hydrogens is 380 g/mol. The molecule has 0 aromatic heterocycles. The summed E-state index contributed by atoms with van der Waals surface area (Å²) < 4.78 is 0. The van der Waals surface area contributed by atoms with Crippen LogP contribution in [0.2, 0.25) is 0 Å². The van der Waals surface area contributed by atoms with Crippen LogP contribution in [0.3, 0.4) is 0 Å². The number of rotatable bonds is 4. The van der Waals surface area contributed by atoms with E-state index in [9.17, 15) is 20.4 Å². The molecule has 4 aliphatic carbocycles. The first-order chi connectivity index (χ1) is 14.1. The van der Waals surface area contributed by atoms with Gasteiger partial charge in [0.15, 0.2) is 0 Å². The Morgan fingerprint density at radius 3 is 2.27 bits per heavy atom. The van der Waals surface area contributed by atoms with Crippen molar-refractivity contribution >= 4 is 0 Å². The second-order valence-electron chi connectivity index (χ2n) is 11.5. The molecule has 0 radical (unpaired) electrons. The first-order valence-electron chi connectivity index (χ1n) is 12.1. The fraction of sp³-hybridized carbons (Fsp3) is 0.920. The average Bonchev–Trinajstić information content (AvgIpc) is 2.96. The monoisotopic (exact) mass is 422 g/mol. The molecule has 0 unspecified atom stereocenters. The van der Waals surface area contributed by atoms with E-state index in [2.05, 4.69) is 32.9 Å². The molecule has 0 heterocycles. The molecule has 172 valence electrons.